The Balaban J connectivity index is 1.52. The number of benzene rings is 1. The Morgan fingerprint density at radius 3 is 2.69 bits per heavy atom. The second-order valence-corrected chi connectivity index (χ2v) is 7.17. The van der Waals surface area contributed by atoms with Crippen LogP contribution in [0.5, 0.6) is 0 Å². The molecule has 2 aliphatic heterocycles. The van der Waals surface area contributed by atoms with Crippen LogP contribution in [0, 0.1) is 5.92 Å². The highest BCUT2D eigenvalue weighted by Gasteiger charge is 2.36. The maximum absolute atomic E-state index is 12.7. The highest BCUT2D eigenvalue weighted by Crippen LogP contribution is 2.35. The van der Waals surface area contributed by atoms with Crippen molar-refractivity contribution in [1.82, 2.24) is 9.47 Å². The molecule has 1 fully saturated rings. The van der Waals surface area contributed by atoms with Crippen LogP contribution in [0.4, 0.5) is 10.5 Å². The van der Waals surface area contributed by atoms with Crippen molar-refractivity contribution in [1.29, 1.82) is 0 Å². The van der Waals surface area contributed by atoms with Crippen molar-refractivity contribution < 1.29 is 9.59 Å². The summed E-state index contributed by atoms with van der Waals surface area (Å²) >= 11 is 0. The third kappa shape index (κ3) is 3.03. The number of hydrogen-bond donors (Lipinski definition) is 1. The molecule has 2 amide bonds. The van der Waals surface area contributed by atoms with Crippen LogP contribution in [0.15, 0.2) is 47.3 Å². The fraction of sp³-hybridized carbons (Fsp3) is 0.350. The number of rotatable bonds is 2. The first-order valence-electron chi connectivity index (χ1n) is 8.88. The molecule has 1 aromatic carbocycles. The number of piperidine rings is 1. The van der Waals surface area contributed by atoms with Gasteiger partial charge in [0.2, 0.25) is 0 Å². The Labute approximate surface area is 151 Å². The van der Waals surface area contributed by atoms with Crippen LogP contribution in [0.1, 0.15) is 35.3 Å². The molecule has 0 radical (unpaired) electrons. The highest BCUT2D eigenvalue weighted by molar-refractivity contribution is 5.96. The summed E-state index contributed by atoms with van der Waals surface area (Å²) in [6.45, 7) is 3.40. The number of urea groups is 1. The molecule has 0 saturated carbocycles. The van der Waals surface area contributed by atoms with Gasteiger partial charge in [0.05, 0.1) is 0 Å². The number of carbonyl (C=O) groups is 2. The minimum atomic E-state index is -0.160. The average Bonchev–Trinajstić information content (AvgIpc) is 2.62. The molecule has 1 saturated heterocycles. The zero-order valence-corrected chi connectivity index (χ0v) is 14.6. The number of likely N-dealkylation sites (tertiary alicyclic amines) is 1. The van der Waals surface area contributed by atoms with Crippen LogP contribution in [0.25, 0.3) is 0 Å². The maximum Gasteiger partial charge on any atom is 0.321 e. The summed E-state index contributed by atoms with van der Waals surface area (Å²) in [5, 5.41) is 2.90. The standard InChI is InChI=1S/C20H21N3O3/c1-13(24)15-4-2-5-17(9-15)21-20(26)22-10-14-8-16(12-22)18-6-3-7-19(25)23(18)11-14/h2-7,9,14,16H,8,10-12H2,1H3,(H,21,26)/t14-,16+/m1/s1. The Morgan fingerprint density at radius 2 is 1.88 bits per heavy atom. The van der Waals surface area contributed by atoms with Crippen molar-refractivity contribution in [2.75, 3.05) is 18.4 Å². The number of nitrogens with one attached hydrogen (secondary N) is 1. The first-order chi connectivity index (χ1) is 12.5. The molecule has 3 heterocycles. The van der Waals surface area contributed by atoms with Gasteiger partial charge in [-0.1, -0.05) is 18.2 Å². The molecule has 26 heavy (non-hydrogen) atoms. The normalized spacial score (nSPS) is 21.0. The van der Waals surface area contributed by atoms with Gasteiger partial charge in [0, 0.05) is 48.6 Å². The van der Waals surface area contributed by atoms with Gasteiger partial charge < -0.3 is 14.8 Å². The molecule has 1 N–H and O–H groups in total. The van der Waals surface area contributed by atoms with Gasteiger partial charge in [-0.2, -0.15) is 0 Å². The number of fused-ring (bicyclic) bond motifs is 4. The largest absolute Gasteiger partial charge is 0.324 e. The molecular formula is C20H21N3O3. The van der Waals surface area contributed by atoms with Crippen LogP contribution in [-0.2, 0) is 6.54 Å². The predicted molar refractivity (Wildman–Crippen MR) is 98.6 cm³/mol. The van der Waals surface area contributed by atoms with E-state index in [4.69, 9.17) is 0 Å². The van der Waals surface area contributed by atoms with Gasteiger partial charge in [0.15, 0.2) is 5.78 Å². The molecule has 134 valence electrons. The Kier molecular flexibility index (Phi) is 4.11. The number of nitrogens with zero attached hydrogens (tertiary/aromatic N) is 2. The lowest BCUT2D eigenvalue weighted by atomic mass is 9.83. The Hall–Kier alpha value is -2.89. The lowest BCUT2D eigenvalue weighted by Crippen LogP contribution is -2.50. The van der Waals surface area contributed by atoms with E-state index in [1.165, 1.54) is 6.92 Å². The molecule has 2 atom stereocenters. The summed E-state index contributed by atoms with van der Waals surface area (Å²) in [5.41, 5.74) is 2.25. The zero-order chi connectivity index (χ0) is 18.3. The van der Waals surface area contributed by atoms with Crippen LogP contribution < -0.4 is 10.9 Å². The quantitative estimate of drug-likeness (QED) is 0.846. The average molecular weight is 351 g/mol. The highest BCUT2D eigenvalue weighted by atomic mass is 16.2. The number of anilines is 1. The van der Waals surface area contributed by atoms with E-state index in [0.717, 1.165) is 12.1 Å². The SMILES string of the molecule is CC(=O)c1cccc(NC(=O)N2C[C@H]3C[C@@H](C2)c2cccc(=O)n2C3)c1. The fourth-order valence-corrected chi connectivity index (χ4v) is 4.08. The van der Waals surface area contributed by atoms with Crippen molar-refractivity contribution in [2.45, 2.75) is 25.8 Å². The molecular weight excluding hydrogens is 330 g/mol. The summed E-state index contributed by atoms with van der Waals surface area (Å²) in [5.74, 6) is 0.442. The molecule has 2 aromatic rings. The third-order valence-corrected chi connectivity index (χ3v) is 5.29. The van der Waals surface area contributed by atoms with Crippen LogP contribution >= 0.6 is 0 Å². The van der Waals surface area contributed by atoms with Gasteiger partial charge >= 0.3 is 6.03 Å². The minimum Gasteiger partial charge on any atom is -0.324 e. The van der Waals surface area contributed by atoms with E-state index in [-0.39, 0.29) is 29.2 Å². The molecule has 2 aliphatic rings. The molecule has 4 rings (SSSR count). The van der Waals surface area contributed by atoms with E-state index in [2.05, 4.69) is 5.32 Å². The van der Waals surface area contributed by atoms with Gasteiger partial charge in [-0.3, -0.25) is 9.59 Å². The lowest BCUT2D eigenvalue weighted by Gasteiger charge is -2.42. The smallest absolute Gasteiger partial charge is 0.321 e. The number of amides is 2. The van der Waals surface area contributed by atoms with E-state index in [1.54, 1.807) is 36.4 Å². The lowest BCUT2D eigenvalue weighted by molar-refractivity contribution is 0.101. The Bertz CT molecular complexity index is 934. The number of ketones is 1. The molecule has 6 heteroatoms. The van der Waals surface area contributed by atoms with Crippen LogP contribution in [0.2, 0.25) is 0 Å². The number of Topliss-reactive ketones (excluding diaryl/α,β-unsaturated/α-hetero) is 1. The van der Waals surface area contributed by atoms with Crippen molar-refractivity contribution in [3.8, 4) is 0 Å². The number of carbonyl (C=O) groups excluding carboxylic acids is 2. The second kappa shape index (κ2) is 6.44. The third-order valence-electron chi connectivity index (χ3n) is 5.29. The summed E-state index contributed by atoms with van der Waals surface area (Å²) in [6.07, 6.45) is 1.01. The molecule has 1 aromatic heterocycles. The first-order valence-corrected chi connectivity index (χ1v) is 8.88. The van der Waals surface area contributed by atoms with Crippen molar-refractivity contribution >= 4 is 17.5 Å². The van der Waals surface area contributed by atoms with Gasteiger partial charge in [0.25, 0.3) is 5.56 Å². The van der Waals surface area contributed by atoms with E-state index >= 15 is 0 Å². The summed E-state index contributed by atoms with van der Waals surface area (Å²) in [7, 11) is 0. The molecule has 2 bridgehead atoms. The van der Waals surface area contributed by atoms with Crippen LogP contribution in [-0.4, -0.2) is 34.4 Å². The summed E-state index contributed by atoms with van der Waals surface area (Å²) in [4.78, 5) is 38.1. The summed E-state index contributed by atoms with van der Waals surface area (Å²) < 4.78 is 1.85. The molecule has 0 aliphatic carbocycles. The van der Waals surface area contributed by atoms with Crippen LogP contribution in [0.3, 0.4) is 0 Å². The van der Waals surface area contributed by atoms with E-state index < -0.39 is 0 Å². The van der Waals surface area contributed by atoms with Gasteiger partial charge in [-0.05, 0) is 37.5 Å². The molecule has 0 unspecified atom stereocenters. The first kappa shape index (κ1) is 16.6. The van der Waals surface area contributed by atoms with E-state index in [9.17, 15) is 14.4 Å². The molecule has 0 spiro atoms. The molecule has 6 nitrogen and oxygen atoms in total. The predicted octanol–water partition coefficient (Wildman–Crippen LogP) is 2.70. The topological polar surface area (TPSA) is 71.4 Å². The van der Waals surface area contributed by atoms with Crippen molar-refractivity contribution in [3.63, 3.8) is 0 Å². The number of hydrogen-bond acceptors (Lipinski definition) is 3. The van der Waals surface area contributed by atoms with Gasteiger partial charge in [-0.15, -0.1) is 0 Å². The minimum absolute atomic E-state index is 0.0318. The number of pyridine rings is 1. The maximum atomic E-state index is 12.7. The zero-order valence-electron chi connectivity index (χ0n) is 14.6. The number of aromatic nitrogens is 1. The summed E-state index contributed by atoms with van der Waals surface area (Å²) in [6, 6.07) is 12.2. The van der Waals surface area contributed by atoms with Gasteiger partial charge in [0.1, 0.15) is 0 Å². The fourth-order valence-electron chi connectivity index (χ4n) is 4.08. The van der Waals surface area contributed by atoms with Gasteiger partial charge in [-0.25, -0.2) is 4.79 Å². The monoisotopic (exact) mass is 351 g/mol. The van der Waals surface area contributed by atoms with E-state index in [0.29, 0.717) is 30.9 Å². The van der Waals surface area contributed by atoms with Crippen molar-refractivity contribution in [2.24, 2.45) is 5.92 Å². The van der Waals surface area contributed by atoms with E-state index in [1.807, 2.05) is 15.5 Å². The Morgan fingerprint density at radius 1 is 1.08 bits per heavy atom. The second-order valence-electron chi connectivity index (χ2n) is 7.17. The van der Waals surface area contributed by atoms with Crippen molar-refractivity contribution in [3.05, 3.63) is 64.1 Å².